The SMILES string of the molecule is Cc1ccc(S(=O)(=O)Nc2ccccc2C#Cc2cc(Br)ccc2NS(=O)(=O)c2ccc(C)cc2)cc1. The number of rotatable bonds is 6. The number of anilines is 2. The monoisotopic (exact) mass is 594 g/mol. The molecule has 0 atom stereocenters. The number of benzene rings is 4. The third-order valence-corrected chi connectivity index (χ3v) is 8.65. The molecule has 0 aliphatic rings. The standard InChI is InChI=1S/C28H23BrN2O4S2/c1-20-7-14-25(15-8-20)36(32,33)30-27-6-4-3-5-22(27)11-12-23-19-24(29)13-18-28(23)31-37(34,35)26-16-9-21(2)10-17-26/h3-10,13-19,30-31H,1-2H3. The van der Waals surface area contributed by atoms with Crippen molar-refractivity contribution in [3.8, 4) is 11.8 Å². The number of hydrogen-bond donors (Lipinski definition) is 2. The van der Waals surface area contributed by atoms with Crippen molar-refractivity contribution in [3.05, 3.63) is 118 Å². The molecule has 188 valence electrons. The van der Waals surface area contributed by atoms with E-state index in [9.17, 15) is 16.8 Å². The third kappa shape index (κ3) is 6.60. The predicted octanol–water partition coefficient (Wildman–Crippen LogP) is 6.07. The Morgan fingerprint density at radius 1 is 0.595 bits per heavy atom. The number of nitrogens with one attached hydrogen (secondary N) is 2. The summed E-state index contributed by atoms with van der Waals surface area (Å²) in [6.45, 7) is 3.76. The van der Waals surface area contributed by atoms with Crippen LogP contribution in [0, 0.1) is 25.7 Å². The van der Waals surface area contributed by atoms with Gasteiger partial charge in [-0.2, -0.15) is 0 Å². The van der Waals surface area contributed by atoms with Gasteiger partial charge in [0.1, 0.15) is 0 Å². The Labute approximate surface area is 226 Å². The van der Waals surface area contributed by atoms with Crippen LogP contribution in [0.15, 0.2) is 105 Å². The molecule has 37 heavy (non-hydrogen) atoms. The molecule has 0 amide bonds. The molecule has 0 bridgehead atoms. The highest BCUT2D eigenvalue weighted by atomic mass is 79.9. The zero-order chi connectivity index (χ0) is 26.6. The number of aryl methyl sites for hydroxylation is 2. The van der Waals surface area contributed by atoms with E-state index in [1.807, 2.05) is 13.8 Å². The fraction of sp³-hybridized carbons (Fsp3) is 0.0714. The molecule has 0 fully saturated rings. The molecule has 0 saturated carbocycles. The molecular formula is C28H23BrN2O4S2. The largest absolute Gasteiger partial charge is 0.278 e. The van der Waals surface area contributed by atoms with Crippen LogP contribution in [0.5, 0.6) is 0 Å². The molecule has 6 nitrogen and oxygen atoms in total. The van der Waals surface area contributed by atoms with Crippen LogP contribution in [0.4, 0.5) is 11.4 Å². The molecule has 0 heterocycles. The van der Waals surface area contributed by atoms with Gasteiger partial charge in [-0.25, -0.2) is 16.8 Å². The lowest BCUT2D eigenvalue weighted by Crippen LogP contribution is -2.14. The number of sulfonamides is 2. The van der Waals surface area contributed by atoms with Crippen LogP contribution in [0.2, 0.25) is 0 Å². The fourth-order valence-corrected chi connectivity index (χ4v) is 5.89. The van der Waals surface area contributed by atoms with E-state index in [-0.39, 0.29) is 9.79 Å². The van der Waals surface area contributed by atoms with E-state index in [2.05, 4.69) is 37.2 Å². The highest BCUT2D eigenvalue weighted by Crippen LogP contribution is 2.25. The van der Waals surface area contributed by atoms with Crippen molar-refractivity contribution >= 4 is 47.4 Å². The average molecular weight is 596 g/mol. The zero-order valence-corrected chi connectivity index (χ0v) is 23.2. The van der Waals surface area contributed by atoms with Gasteiger partial charge in [0.05, 0.1) is 26.7 Å². The van der Waals surface area contributed by atoms with Gasteiger partial charge in [0.15, 0.2) is 0 Å². The van der Waals surface area contributed by atoms with Crippen LogP contribution in [0.1, 0.15) is 22.3 Å². The van der Waals surface area contributed by atoms with Gasteiger partial charge in [-0.05, 0) is 68.4 Å². The number of para-hydroxylation sites is 1. The van der Waals surface area contributed by atoms with E-state index in [4.69, 9.17) is 0 Å². The molecule has 0 aromatic heterocycles. The third-order valence-electron chi connectivity index (χ3n) is 5.39. The van der Waals surface area contributed by atoms with Gasteiger partial charge in [0.25, 0.3) is 20.0 Å². The summed E-state index contributed by atoms with van der Waals surface area (Å²) in [6.07, 6.45) is 0. The lowest BCUT2D eigenvalue weighted by molar-refractivity contribution is 0.599. The Hall–Kier alpha value is -3.58. The normalized spacial score (nSPS) is 11.3. The first-order valence-electron chi connectivity index (χ1n) is 11.1. The maximum atomic E-state index is 12.9. The second-order valence-electron chi connectivity index (χ2n) is 8.32. The topological polar surface area (TPSA) is 92.3 Å². The van der Waals surface area contributed by atoms with Gasteiger partial charge in [-0.15, -0.1) is 0 Å². The van der Waals surface area contributed by atoms with Gasteiger partial charge in [-0.3, -0.25) is 9.44 Å². The van der Waals surface area contributed by atoms with E-state index in [0.717, 1.165) is 11.1 Å². The summed E-state index contributed by atoms with van der Waals surface area (Å²) in [4.78, 5) is 0.274. The molecule has 0 spiro atoms. The molecule has 9 heteroatoms. The summed E-state index contributed by atoms with van der Waals surface area (Å²) in [5.74, 6) is 5.97. The average Bonchev–Trinajstić information content (AvgIpc) is 2.85. The molecular weight excluding hydrogens is 572 g/mol. The van der Waals surface area contributed by atoms with Crippen LogP contribution in [0.25, 0.3) is 0 Å². The number of hydrogen-bond acceptors (Lipinski definition) is 4. The molecule has 0 aliphatic carbocycles. The zero-order valence-electron chi connectivity index (χ0n) is 20.0. The number of halogens is 1. The van der Waals surface area contributed by atoms with Crippen molar-refractivity contribution in [1.82, 2.24) is 0 Å². The van der Waals surface area contributed by atoms with Gasteiger partial charge in [0, 0.05) is 10.0 Å². The van der Waals surface area contributed by atoms with Crippen LogP contribution in [0.3, 0.4) is 0 Å². The molecule has 0 radical (unpaired) electrons. The summed E-state index contributed by atoms with van der Waals surface area (Å²) in [6, 6.07) is 24.9. The van der Waals surface area contributed by atoms with Crippen LogP contribution in [-0.2, 0) is 20.0 Å². The van der Waals surface area contributed by atoms with Crippen molar-refractivity contribution in [2.24, 2.45) is 0 Å². The summed E-state index contributed by atoms with van der Waals surface area (Å²) in [5, 5.41) is 0. The van der Waals surface area contributed by atoms with Crippen molar-refractivity contribution in [2.45, 2.75) is 23.6 Å². The molecule has 0 unspecified atom stereocenters. The van der Waals surface area contributed by atoms with Crippen molar-refractivity contribution in [2.75, 3.05) is 9.44 Å². The second kappa shape index (κ2) is 10.8. The Balaban J connectivity index is 1.66. The minimum Gasteiger partial charge on any atom is -0.278 e. The van der Waals surface area contributed by atoms with Gasteiger partial charge in [-0.1, -0.05) is 75.3 Å². The van der Waals surface area contributed by atoms with Gasteiger partial charge >= 0.3 is 0 Å². The summed E-state index contributed by atoms with van der Waals surface area (Å²) in [7, 11) is -7.66. The Morgan fingerprint density at radius 2 is 1.05 bits per heavy atom. The highest BCUT2D eigenvalue weighted by molar-refractivity contribution is 9.10. The molecule has 4 aromatic carbocycles. The van der Waals surface area contributed by atoms with Crippen LogP contribution in [-0.4, -0.2) is 16.8 Å². The van der Waals surface area contributed by atoms with Crippen LogP contribution >= 0.6 is 15.9 Å². The molecule has 4 rings (SSSR count). The van der Waals surface area contributed by atoms with E-state index in [0.29, 0.717) is 27.0 Å². The predicted molar refractivity (Wildman–Crippen MR) is 151 cm³/mol. The first kappa shape index (κ1) is 26.5. The van der Waals surface area contributed by atoms with Gasteiger partial charge in [0.2, 0.25) is 0 Å². The van der Waals surface area contributed by atoms with Crippen molar-refractivity contribution in [1.29, 1.82) is 0 Å². The summed E-state index contributed by atoms with van der Waals surface area (Å²) < 4.78 is 57.6. The molecule has 0 aliphatic heterocycles. The van der Waals surface area contributed by atoms with Crippen LogP contribution < -0.4 is 9.44 Å². The lowest BCUT2D eigenvalue weighted by Gasteiger charge is -2.11. The van der Waals surface area contributed by atoms with Gasteiger partial charge < -0.3 is 0 Å². The molecule has 4 aromatic rings. The first-order chi connectivity index (χ1) is 17.5. The molecule has 0 saturated heterocycles. The highest BCUT2D eigenvalue weighted by Gasteiger charge is 2.17. The summed E-state index contributed by atoms with van der Waals surface area (Å²) in [5.41, 5.74) is 3.37. The van der Waals surface area contributed by atoms with Crippen molar-refractivity contribution < 1.29 is 16.8 Å². The Kier molecular flexibility index (Phi) is 7.73. The minimum absolute atomic E-state index is 0.135. The summed E-state index contributed by atoms with van der Waals surface area (Å²) >= 11 is 3.40. The van der Waals surface area contributed by atoms with E-state index >= 15 is 0 Å². The quantitative estimate of drug-likeness (QED) is 0.265. The minimum atomic E-state index is -3.84. The van der Waals surface area contributed by atoms with E-state index < -0.39 is 20.0 Å². The Morgan fingerprint density at radius 3 is 1.59 bits per heavy atom. The smallest absolute Gasteiger partial charge is 0.261 e. The second-order valence-corrected chi connectivity index (χ2v) is 12.6. The maximum absolute atomic E-state index is 12.9. The Bertz CT molecular complexity index is 1720. The first-order valence-corrected chi connectivity index (χ1v) is 14.9. The van der Waals surface area contributed by atoms with E-state index in [1.165, 1.54) is 12.1 Å². The van der Waals surface area contributed by atoms with Crippen molar-refractivity contribution in [3.63, 3.8) is 0 Å². The molecule has 2 N–H and O–H groups in total. The fourth-order valence-electron chi connectivity index (χ4n) is 3.37. The lowest BCUT2D eigenvalue weighted by atomic mass is 10.1. The maximum Gasteiger partial charge on any atom is 0.261 e. The van der Waals surface area contributed by atoms with E-state index in [1.54, 1.807) is 78.9 Å².